The molecule has 0 bridgehead atoms. The highest BCUT2D eigenvalue weighted by Crippen LogP contribution is 2.17. The Kier molecular flexibility index (Phi) is 8.22. The third-order valence-electron chi connectivity index (χ3n) is 3.90. The highest BCUT2D eigenvalue weighted by molar-refractivity contribution is 5.80. The molecule has 0 spiro atoms. The van der Waals surface area contributed by atoms with Crippen molar-refractivity contribution in [3.05, 3.63) is 0 Å². The Balaban J connectivity index is 2.24. The Morgan fingerprint density at radius 2 is 2.05 bits per heavy atom. The topological polar surface area (TPSA) is 56.8 Å². The molecule has 1 aliphatic rings. The lowest BCUT2D eigenvalue weighted by Crippen LogP contribution is -2.53. The second-order valence-corrected chi connectivity index (χ2v) is 6.36. The van der Waals surface area contributed by atoms with Gasteiger partial charge in [0.25, 0.3) is 0 Å². The summed E-state index contributed by atoms with van der Waals surface area (Å²) in [6, 6.07) is 0.234. The molecule has 1 aliphatic heterocycles. The van der Waals surface area contributed by atoms with E-state index in [-0.39, 0.29) is 12.0 Å². The molecule has 0 aromatic carbocycles. The number of carbonyl (C=O) groups excluding carboxylic acids is 1. The van der Waals surface area contributed by atoms with E-state index >= 15 is 0 Å². The van der Waals surface area contributed by atoms with Crippen LogP contribution in [0.5, 0.6) is 0 Å². The molecule has 1 heterocycles. The minimum absolute atomic E-state index is 0.208. The summed E-state index contributed by atoms with van der Waals surface area (Å²) in [6.45, 7) is 9.15. The fourth-order valence-electron chi connectivity index (χ4n) is 2.79. The predicted molar refractivity (Wildman–Crippen MR) is 82.3 cm³/mol. The van der Waals surface area contributed by atoms with Crippen LogP contribution >= 0.6 is 0 Å². The SMILES string of the molecule is COC(=O)C(C)(CCCOCC1CCOCC1)NC(C)C. The quantitative estimate of drug-likeness (QED) is 0.522. The molecule has 0 saturated carbocycles. The van der Waals surface area contributed by atoms with Crippen LogP contribution in [0.25, 0.3) is 0 Å². The Morgan fingerprint density at radius 1 is 1.38 bits per heavy atom. The van der Waals surface area contributed by atoms with Crippen molar-refractivity contribution in [2.75, 3.05) is 33.5 Å². The maximum absolute atomic E-state index is 11.9. The van der Waals surface area contributed by atoms with Crippen LogP contribution in [0.4, 0.5) is 0 Å². The van der Waals surface area contributed by atoms with Gasteiger partial charge >= 0.3 is 5.97 Å². The molecule has 1 rings (SSSR count). The third kappa shape index (κ3) is 6.76. The molecule has 1 N–H and O–H groups in total. The average Bonchev–Trinajstić information content (AvgIpc) is 2.46. The molecule has 21 heavy (non-hydrogen) atoms. The fourth-order valence-corrected chi connectivity index (χ4v) is 2.79. The van der Waals surface area contributed by atoms with Crippen molar-refractivity contribution in [1.29, 1.82) is 0 Å². The number of esters is 1. The van der Waals surface area contributed by atoms with Gasteiger partial charge in [0.05, 0.1) is 7.11 Å². The molecule has 1 unspecified atom stereocenters. The van der Waals surface area contributed by atoms with Crippen LogP contribution in [0.2, 0.25) is 0 Å². The second kappa shape index (κ2) is 9.38. The van der Waals surface area contributed by atoms with Gasteiger partial charge in [0, 0.05) is 32.5 Å². The van der Waals surface area contributed by atoms with Gasteiger partial charge in [-0.15, -0.1) is 0 Å². The minimum Gasteiger partial charge on any atom is -0.468 e. The normalized spacial score (nSPS) is 19.5. The summed E-state index contributed by atoms with van der Waals surface area (Å²) in [4.78, 5) is 11.9. The summed E-state index contributed by atoms with van der Waals surface area (Å²) in [5.41, 5.74) is -0.634. The molecule has 1 fully saturated rings. The van der Waals surface area contributed by atoms with Crippen LogP contribution in [0.1, 0.15) is 46.5 Å². The van der Waals surface area contributed by atoms with Crippen molar-refractivity contribution in [2.45, 2.75) is 58.0 Å². The number of nitrogens with one attached hydrogen (secondary N) is 1. The van der Waals surface area contributed by atoms with Crippen LogP contribution in [-0.2, 0) is 19.0 Å². The van der Waals surface area contributed by atoms with E-state index in [1.807, 2.05) is 20.8 Å². The molecular formula is C16H31NO4. The zero-order valence-corrected chi connectivity index (χ0v) is 13.9. The zero-order chi connectivity index (χ0) is 15.7. The highest BCUT2D eigenvalue weighted by Gasteiger charge is 2.34. The fraction of sp³-hybridized carbons (Fsp3) is 0.938. The lowest BCUT2D eigenvalue weighted by Gasteiger charge is -2.30. The zero-order valence-electron chi connectivity index (χ0n) is 13.9. The maximum Gasteiger partial charge on any atom is 0.325 e. The molecular weight excluding hydrogens is 270 g/mol. The third-order valence-corrected chi connectivity index (χ3v) is 3.90. The van der Waals surface area contributed by atoms with Gasteiger partial charge in [-0.3, -0.25) is 10.1 Å². The Morgan fingerprint density at radius 3 is 2.62 bits per heavy atom. The number of carbonyl (C=O) groups is 1. The first-order valence-corrected chi connectivity index (χ1v) is 7.99. The molecule has 5 nitrogen and oxygen atoms in total. The van der Waals surface area contributed by atoms with Gasteiger partial charge < -0.3 is 14.2 Å². The van der Waals surface area contributed by atoms with E-state index in [9.17, 15) is 4.79 Å². The first-order valence-electron chi connectivity index (χ1n) is 7.99. The summed E-state index contributed by atoms with van der Waals surface area (Å²) >= 11 is 0. The lowest BCUT2D eigenvalue weighted by atomic mass is 9.95. The predicted octanol–water partition coefficient (Wildman–Crippen LogP) is 2.14. The van der Waals surface area contributed by atoms with Crippen molar-refractivity contribution < 1.29 is 19.0 Å². The van der Waals surface area contributed by atoms with Crippen molar-refractivity contribution in [1.82, 2.24) is 5.32 Å². The van der Waals surface area contributed by atoms with E-state index in [1.54, 1.807) is 0 Å². The van der Waals surface area contributed by atoms with E-state index in [1.165, 1.54) is 7.11 Å². The Bertz CT molecular complexity index is 303. The Labute approximate surface area is 128 Å². The molecule has 0 amide bonds. The summed E-state index contributed by atoms with van der Waals surface area (Å²) in [6.07, 6.45) is 3.74. The molecule has 124 valence electrons. The smallest absolute Gasteiger partial charge is 0.325 e. The highest BCUT2D eigenvalue weighted by atomic mass is 16.5. The summed E-state index contributed by atoms with van der Waals surface area (Å²) in [5, 5.41) is 3.30. The molecule has 0 radical (unpaired) electrons. The molecule has 0 aliphatic carbocycles. The summed E-state index contributed by atoms with van der Waals surface area (Å²) in [5.74, 6) is 0.417. The van der Waals surface area contributed by atoms with Gasteiger partial charge in [0.15, 0.2) is 0 Å². The van der Waals surface area contributed by atoms with Crippen molar-refractivity contribution >= 4 is 5.97 Å². The van der Waals surface area contributed by atoms with Gasteiger partial charge in [-0.05, 0) is 52.4 Å². The van der Waals surface area contributed by atoms with E-state index in [4.69, 9.17) is 14.2 Å². The van der Waals surface area contributed by atoms with Gasteiger partial charge in [0.2, 0.25) is 0 Å². The number of ether oxygens (including phenoxy) is 3. The monoisotopic (exact) mass is 301 g/mol. The van der Waals surface area contributed by atoms with Crippen LogP contribution in [0.15, 0.2) is 0 Å². The van der Waals surface area contributed by atoms with Crippen LogP contribution in [0, 0.1) is 5.92 Å². The molecule has 1 atom stereocenters. The number of hydrogen-bond donors (Lipinski definition) is 1. The lowest BCUT2D eigenvalue weighted by molar-refractivity contribution is -0.148. The van der Waals surface area contributed by atoms with E-state index in [0.29, 0.717) is 18.9 Å². The second-order valence-electron chi connectivity index (χ2n) is 6.36. The van der Waals surface area contributed by atoms with Gasteiger partial charge in [-0.2, -0.15) is 0 Å². The molecule has 0 aromatic heterocycles. The summed E-state index contributed by atoms with van der Waals surface area (Å²) < 4.78 is 16.0. The molecule has 0 aromatic rings. The van der Waals surface area contributed by atoms with E-state index in [2.05, 4.69) is 5.32 Å². The van der Waals surface area contributed by atoms with Crippen molar-refractivity contribution in [2.24, 2.45) is 5.92 Å². The minimum atomic E-state index is -0.634. The largest absolute Gasteiger partial charge is 0.468 e. The van der Waals surface area contributed by atoms with Crippen LogP contribution < -0.4 is 5.32 Å². The maximum atomic E-state index is 11.9. The molecule has 5 heteroatoms. The molecule has 1 saturated heterocycles. The Hall–Kier alpha value is -0.650. The average molecular weight is 301 g/mol. The van der Waals surface area contributed by atoms with Crippen molar-refractivity contribution in [3.8, 4) is 0 Å². The van der Waals surface area contributed by atoms with Gasteiger partial charge in [-0.1, -0.05) is 0 Å². The first-order chi connectivity index (χ1) is 9.98. The van der Waals surface area contributed by atoms with Crippen LogP contribution in [-0.4, -0.2) is 51.1 Å². The van der Waals surface area contributed by atoms with Crippen molar-refractivity contribution in [3.63, 3.8) is 0 Å². The number of hydrogen-bond acceptors (Lipinski definition) is 5. The van der Waals surface area contributed by atoms with Crippen LogP contribution in [0.3, 0.4) is 0 Å². The van der Waals surface area contributed by atoms with E-state index in [0.717, 1.165) is 39.1 Å². The van der Waals surface area contributed by atoms with Gasteiger partial charge in [-0.25, -0.2) is 0 Å². The number of rotatable bonds is 9. The van der Waals surface area contributed by atoms with Gasteiger partial charge in [0.1, 0.15) is 5.54 Å². The summed E-state index contributed by atoms with van der Waals surface area (Å²) in [7, 11) is 1.43. The first kappa shape index (κ1) is 18.4. The number of methoxy groups -OCH3 is 1. The standard InChI is InChI=1S/C16H31NO4/c1-13(2)17-16(3,15(18)19-4)8-5-9-21-12-14-6-10-20-11-7-14/h13-14,17H,5-12H2,1-4H3. The van der Waals surface area contributed by atoms with E-state index < -0.39 is 5.54 Å².